The molecule has 0 unspecified atom stereocenters. The first kappa shape index (κ1) is 21.5. The summed E-state index contributed by atoms with van der Waals surface area (Å²) in [7, 11) is -4.79. The molecule has 0 spiro atoms. The van der Waals surface area contributed by atoms with Crippen molar-refractivity contribution in [2.75, 3.05) is 40.4 Å². The van der Waals surface area contributed by atoms with Crippen LogP contribution in [0.15, 0.2) is 52.3 Å². The largest absolute Gasteiger partial charge is 0.493 e. The van der Waals surface area contributed by atoms with E-state index < -0.39 is 25.9 Å². The highest BCUT2D eigenvalue weighted by Crippen LogP contribution is 2.31. The molecule has 1 heterocycles. The molecule has 0 amide bonds. The van der Waals surface area contributed by atoms with Gasteiger partial charge < -0.3 is 9.47 Å². The Balaban J connectivity index is 1.77. The average Bonchev–Trinajstić information content (AvgIpc) is 2.73. The Morgan fingerprint density at radius 2 is 1.17 bits per heavy atom. The van der Waals surface area contributed by atoms with Gasteiger partial charge in [0.25, 0.3) is 0 Å². The van der Waals surface area contributed by atoms with Crippen molar-refractivity contribution in [2.45, 2.75) is 9.79 Å². The quantitative estimate of drug-likeness (QED) is 0.671. The first-order valence-corrected chi connectivity index (χ1v) is 11.6. The summed E-state index contributed by atoms with van der Waals surface area (Å²) in [4.78, 5) is 0.0000830. The molecule has 0 atom stereocenters. The van der Waals surface area contributed by atoms with Crippen LogP contribution in [0.4, 0.5) is 4.39 Å². The molecule has 3 rings (SSSR count). The van der Waals surface area contributed by atoms with Crippen molar-refractivity contribution in [1.82, 2.24) is 8.61 Å². The Kier molecular flexibility index (Phi) is 6.13. The predicted octanol–water partition coefficient (Wildman–Crippen LogP) is 1.54. The standard InChI is InChI=1S/C18H21FN2O6S2/c1-26-17-8-7-16(13-18(17)27-2)29(24,25)21-11-9-20(10-12-21)28(22,23)15-5-3-14(19)4-6-15/h3-8,13H,9-12H2,1-2H3. The molecule has 11 heteroatoms. The molecule has 1 fully saturated rings. The summed E-state index contributed by atoms with van der Waals surface area (Å²) >= 11 is 0. The van der Waals surface area contributed by atoms with Crippen molar-refractivity contribution in [3.8, 4) is 11.5 Å². The van der Waals surface area contributed by atoms with Gasteiger partial charge in [0.15, 0.2) is 11.5 Å². The van der Waals surface area contributed by atoms with Crippen molar-refractivity contribution in [2.24, 2.45) is 0 Å². The molecule has 158 valence electrons. The number of halogens is 1. The first-order chi connectivity index (χ1) is 13.7. The molecule has 0 saturated carbocycles. The second-order valence-corrected chi connectivity index (χ2v) is 10.2. The molecule has 8 nitrogen and oxygen atoms in total. The molecule has 0 radical (unpaired) electrons. The van der Waals surface area contributed by atoms with E-state index in [-0.39, 0.29) is 41.7 Å². The maximum absolute atomic E-state index is 13.1. The summed E-state index contributed by atoms with van der Waals surface area (Å²) in [6.07, 6.45) is 0. The zero-order chi connectivity index (χ0) is 21.2. The number of piperazine rings is 1. The molecule has 0 N–H and O–H groups in total. The summed E-state index contributed by atoms with van der Waals surface area (Å²) in [5.41, 5.74) is 0. The van der Waals surface area contributed by atoms with Gasteiger partial charge in [0.1, 0.15) is 5.82 Å². The van der Waals surface area contributed by atoms with Gasteiger partial charge in [-0.25, -0.2) is 21.2 Å². The number of sulfonamides is 2. The van der Waals surface area contributed by atoms with Crippen molar-refractivity contribution in [3.63, 3.8) is 0 Å². The van der Waals surface area contributed by atoms with Crippen LogP contribution in [0.25, 0.3) is 0 Å². The topological polar surface area (TPSA) is 93.2 Å². The van der Waals surface area contributed by atoms with Crippen molar-refractivity contribution >= 4 is 20.0 Å². The van der Waals surface area contributed by atoms with Gasteiger partial charge in [0.2, 0.25) is 20.0 Å². The van der Waals surface area contributed by atoms with Gasteiger partial charge in [0, 0.05) is 32.2 Å². The summed E-state index contributed by atoms with van der Waals surface area (Å²) in [6.45, 7) is -0.0212. The number of benzene rings is 2. The number of hydrogen-bond acceptors (Lipinski definition) is 6. The van der Waals surface area contributed by atoms with E-state index in [9.17, 15) is 21.2 Å². The van der Waals surface area contributed by atoms with Gasteiger partial charge in [-0.3, -0.25) is 0 Å². The van der Waals surface area contributed by atoms with E-state index in [4.69, 9.17) is 9.47 Å². The van der Waals surface area contributed by atoms with E-state index in [0.29, 0.717) is 5.75 Å². The van der Waals surface area contributed by atoms with E-state index in [1.807, 2.05) is 0 Å². The molecule has 0 bridgehead atoms. The summed E-state index contributed by atoms with van der Waals surface area (Å²) in [5.74, 6) is 0.155. The fourth-order valence-electron chi connectivity index (χ4n) is 3.03. The van der Waals surface area contributed by atoms with Gasteiger partial charge in [0.05, 0.1) is 24.0 Å². The number of nitrogens with zero attached hydrogens (tertiary/aromatic N) is 2. The second-order valence-electron chi connectivity index (χ2n) is 6.28. The normalized spacial score (nSPS) is 16.5. The number of ether oxygens (including phenoxy) is 2. The highest BCUT2D eigenvalue weighted by Gasteiger charge is 2.34. The van der Waals surface area contributed by atoms with Gasteiger partial charge in [-0.2, -0.15) is 8.61 Å². The first-order valence-electron chi connectivity index (χ1n) is 8.68. The molecule has 1 aliphatic rings. The summed E-state index contributed by atoms with van der Waals surface area (Å²) in [5, 5.41) is 0. The Morgan fingerprint density at radius 3 is 1.66 bits per heavy atom. The molecule has 29 heavy (non-hydrogen) atoms. The molecule has 1 aliphatic heterocycles. The smallest absolute Gasteiger partial charge is 0.243 e. The maximum atomic E-state index is 13.1. The Bertz CT molecular complexity index is 1080. The van der Waals surface area contributed by atoms with Crippen LogP contribution in [0.2, 0.25) is 0 Å². The minimum Gasteiger partial charge on any atom is -0.493 e. The molecular weight excluding hydrogens is 423 g/mol. The van der Waals surface area contributed by atoms with E-state index in [2.05, 4.69) is 0 Å². The lowest BCUT2D eigenvalue weighted by Gasteiger charge is -2.33. The van der Waals surface area contributed by atoms with Crippen LogP contribution in [0.3, 0.4) is 0 Å². The Labute approximate surface area is 169 Å². The van der Waals surface area contributed by atoms with Gasteiger partial charge in [-0.15, -0.1) is 0 Å². The third-order valence-electron chi connectivity index (χ3n) is 4.64. The fraction of sp³-hybridized carbons (Fsp3) is 0.333. The summed E-state index contributed by atoms with van der Waals surface area (Å²) < 4.78 is 77.0. The molecular formula is C18H21FN2O6S2. The van der Waals surface area contributed by atoms with E-state index in [0.717, 1.165) is 12.1 Å². The Morgan fingerprint density at radius 1 is 0.724 bits per heavy atom. The van der Waals surface area contributed by atoms with E-state index >= 15 is 0 Å². The van der Waals surface area contributed by atoms with Crippen LogP contribution in [0.1, 0.15) is 0 Å². The zero-order valence-electron chi connectivity index (χ0n) is 15.9. The zero-order valence-corrected chi connectivity index (χ0v) is 17.5. The average molecular weight is 445 g/mol. The highest BCUT2D eigenvalue weighted by molar-refractivity contribution is 7.89. The van der Waals surface area contributed by atoms with Crippen LogP contribution < -0.4 is 9.47 Å². The summed E-state index contributed by atoms with van der Waals surface area (Å²) in [6, 6.07) is 8.82. The second kappa shape index (κ2) is 8.27. The monoisotopic (exact) mass is 444 g/mol. The van der Waals surface area contributed by atoms with E-state index in [1.165, 1.54) is 53.2 Å². The van der Waals surface area contributed by atoms with Crippen molar-refractivity contribution in [3.05, 3.63) is 48.3 Å². The number of hydrogen-bond donors (Lipinski definition) is 0. The van der Waals surface area contributed by atoms with E-state index in [1.54, 1.807) is 0 Å². The molecule has 1 saturated heterocycles. The lowest BCUT2D eigenvalue weighted by molar-refractivity contribution is 0.272. The molecule has 0 aliphatic carbocycles. The van der Waals surface area contributed by atoms with Crippen LogP contribution in [0, 0.1) is 5.82 Å². The lowest BCUT2D eigenvalue weighted by atomic mass is 10.3. The number of methoxy groups -OCH3 is 2. The third kappa shape index (κ3) is 4.22. The van der Waals surface area contributed by atoms with Gasteiger partial charge in [-0.05, 0) is 36.4 Å². The third-order valence-corrected chi connectivity index (χ3v) is 8.45. The van der Waals surface area contributed by atoms with Crippen LogP contribution in [-0.2, 0) is 20.0 Å². The van der Waals surface area contributed by atoms with Crippen LogP contribution in [-0.4, -0.2) is 65.8 Å². The highest BCUT2D eigenvalue weighted by atomic mass is 32.2. The Hall–Kier alpha value is -2.21. The fourth-order valence-corrected chi connectivity index (χ4v) is 5.89. The minimum atomic E-state index is -3.83. The van der Waals surface area contributed by atoms with Crippen LogP contribution >= 0.6 is 0 Å². The maximum Gasteiger partial charge on any atom is 0.243 e. The van der Waals surface area contributed by atoms with Crippen LogP contribution in [0.5, 0.6) is 11.5 Å². The predicted molar refractivity (Wildman–Crippen MR) is 103 cm³/mol. The lowest BCUT2D eigenvalue weighted by Crippen LogP contribution is -2.50. The van der Waals surface area contributed by atoms with Crippen molar-refractivity contribution in [1.29, 1.82) is 0 Å². The van der Waals surface area contributed by atoms with Crippen molar-refractivity contribution < 1.29 is 30.7 Å². The van der Waals surface area contributed by atoms with Gasteiger partial charge >= 0.3 is 0 Å². The molecule has 2 aromatic carbocycles. The SMILES string of the molecule is COc1ccc(S(=O)(=O)N2CCN(S(=O)(=O)c3ccc(F)cc3)CC2)cc1OC. The minimum absolute atomic E-state index is 0.00287. The number of rotatable bonds is 6. The van der Waals surface area contributed by atoms with Gasteiger partial charge in [-0.1, -0.05) is 0 Å². The molecule has 0 aromatic heterocycles. The molecule has 2 aromatic rings.